The number of nitrogens with one attached hydrogen (secondary N) is 1. The molecule has 0 amide bonds. The zero-order valence-electron chi connectivity index (χ0n) is 17.3. The average molecular weight is 372 g/mol. The molecule has 0 unspecified atom stereocenters. The molecule has 6 nitrogen and oxygen atoms in total. The summed E-state index contributed by atoms with van der Waals surface area (Å²) < 4.78 is 7.62. The van der Waals surface area contributed by atoms with E-state index in [0.717, 1.165) is 49.9 Å². The van der Waals surface area contributed by atoms with Gasteiger partial charge in [-0.2, -0.15) is 5.10 Å². The first-order chi connectivity index (χ1) is 13.0. The van der Waals surface area contributed by atoms with Crippen LogP contribution in [0.15, 0.2) is 41.5 Å². The molecule has 0 saturated heterocycles. The summed E-state index contributed by atoms with van der Waals surface area (Å²) in [5.41, 5.74) is 2.40. The monoisotopic (exact) mass is 371 g/mol. The molecular weight excluding hydrogens is 338 g/mol. The van der Waals surface area contributed by atoms with E-state index >= 15 is 0 Å². The first-order valence-electron chi connectivity index (χ1n) is 9.63. The van der Waals surface area contributed by atoms with Crippen molar-refractivity contribution in [1.29, 1.82) is 0 Å². The van der Waals surface area contributed by atoms with Crippen molar-refractivity contribution in [3.8, 4) is 5.75 Å². The van der Waals surface area contributed by atoms with E-state index in [0.29, 0.717) is 5.92 Å². The number of aryl methyl sites for hydroxylation is 1. The number of ether oxygens (including phenoxy) is 1. The van der Waals surface area contributed by atoms with Gasteiger partial charge >= 0.3 is 0 Å². The Kier molecular flexibility index (Phi) is 8.17. The number of hydrogen-bond acceptors (Lipinski definition) is 3. The molecular formula is C21H33N5O. The summed E-state index contributed by atoms with van der Waals surface area (Å²) in [5.74, 6) is 2.24. The average Bonchev–Trinajstić information content (AvgIpc) is 3.02. The summed E-state index contributed by atoms with van der Waals surface area (Å²) in [6, 6.07) is 9.94. The molecule has 27 heavy (non-hydrogen) atoms. The van der Waals surface area contributed by atoms with Gasteiger partial charge in [-0.05, 0) is 30.9 Å². The minimum absolute atomic E-state index is 0.411. The lowest BCUT2D eigenvalue weighted by molar-refractivity contribution is 0.306. The summed E-state index contributed by atoms with van der Waals surface area (Å²) in [7, 11) is 5.86. The largest absolute Gasteiger partial charge is 0.494 e. The highest BCUT2D eigenvalue weighted by Gasteiger charge is 2.14. The van der Waals surface area contributed by atoms with E-state index in [1.165, 1.54) is 5.56 Å². The zero-order chi connectivity index (χ0) is 19.6. The second-order valence-corrected chi connectivity index (χ2v) is 7.07. The van der Waals surface area contributed by atoms with Gasteiger partial charge in [-0.15, -0.1) is 0 Å². The summed E-state index contributed by atoms with van der Waals surface area (Å²) in [4.78, 5) is 6.55. The molecule has 1 aromatic heterocycles. The molecule has 0 radical (unpaired) electrons. The van der Waals surface area contributed by atoms with E-state index in [-0.39, 0.29) is 0 Å². The summed E-state index contributed by atoms with van der Waals surface area (Å²) in [6.45, 7) is 6.75. The third-order valence-corrected chi connectivity index (χ3v) is 4.33. The lowest BCUT2D eigenvalue weighted by Crippen LogP contribution is -2.39. The van der Waals surface area contributed by atoms with Crippen molar-refractivity contribution in [2.75, 3.05) is 27.2 Å². The molecule has 148 valence electrons. The molecule has 0 bridgehead atoms. The Hall–Kier alpha value is -2.50. The number of unbranched alkanes of at least 4 members (excludes halogenated alkanes) is 1. The van der Waals surface area contributed by atoms with Crippen molar-refractivity contribution in [2.45, 2.75) is 39.2 Å². The van der Waals surface area contributed by atoms with Crippen molar-refractivity contribution in [1.82, 2.24) is 20.0 Å². The molecule has 0 fully saturated rings. The molecule has 6 heteroatoms. The maximum absolute atomic E-state index is 5.73. The second-order valence-electron chi connectivity index (χ2n) is 7.07. The highest BCUT2D eigenvalue weighted by atomic mass is 16.5. The highest BCUT2D eigenvalue weighted by molar-refractivity contribution is 5.79. The van der Waals surface area contributed by atoms with E-state index in [1.54, 1.807) is 0 Å². The number of guanidine groups is 1. The van der Waals surface area contributed by atoms with Crippen LogP contribution in [0.4, 0.5) is 0 Å². The van der Waals surface area contributed by atoms with Crippen LogP contribution in [0.2, 0.25) is 0 Å². The Morgan fingerprint density at radius 3 is 2.67 bits per heavy atom. The van der Waals surface area contributed by atoms with Gasteiger partial charge in [0, 0.05) is 46.0 Å². The quantitative estimate of drug-likeness (QED) is 0.417. The zero-order valence-corrected chi connectivity index (χ0v) is 17.3. The number of rotatable bonds is 9. The Labute approximate surface area is 163 Å². The number of para-hydroxylation sites is 1. The lowest BCUT2D eigenvalue weighted by atomic mass is 10.1. The van der Waals surface area contributed by atoms with Gasteiger partial charge in [-0.1, -0.05) is 32.0 Å². The molecule has 2 aromatic rings. The molecule has 1 aromatic carbocycles. The van der Waals surface area contributed by atoms with Crippen LogP contribution < -0.4 is 10.1 Å². The van der Waals surface area contributed by atoms with Gasteiger partial charge in [0.2, 0.25) is 0 Å². The number of aliphatic imine (C=N–C) groups is 1. The molecule has 2 rings (SSSR count). The molecule has 0 aliphatic heterocycles. The third kappa shape index (κ3) is 6.62. The maximum Gasteiger partial charge on any atom is 0.193 e. The first kappa shape index (κ1) is 20.8. The van der Waals surface area contributed by atoms with Crippen LogP contribution in [0.1, 0.15) is 43.9 Å². The number of aromatic nitrogens is 2. The van der Waals surface area contributed by atoms with E-state index in [2.05, 4.69) is 47.4 Å². The smallest absolute Gasteiger partial charge is 0.193 e. The SMILES string of the molecule is CN=C(NCCCCOc1ccccc1)N(C)Cc1cn(C)nc1C(C)C. The van der Waals surface area contributed by atoms with E-state index < -0.39 is 0 Å². The van der Waals surface area contributed by atoms with Crippen molar-refractivity contribution in [2.24, 2.45) is 12.0 Å². The Morgan fingerprint density at radius 2 is 2.00 bits per heavy atom. The van der Waals surface area contributed by atoms with Crippen LogP contribution in [0.25, 0.3) is 0 Å². The molecule has 0 aliphatic rings. The predicted octanol–water partition coefficient (Wildman–Crippen LogP) is 3.41. The fourth-order valence-electron chi connectivity index (χ4n) is 3.01. The molecule has 0 saturated carbocycles. The van der Waals surface area contributed by atoms with Crippen LogP contribution in [-0.4, -0.2) is 47.9 Å². The molecule has 1 heterocycles. The normalized spacial score (nSPS) is 11.7. The van der Waals surface area contributed by atoms with E-state index in [9.17, 15) is 0 Å². The van der Waals surface area contributed by atoms with Gasteiger partial charge in [-0.3, -0.25) is 9.67 Å². The van der Waals surface area contributed by atoms with Crippen LogP contribution in [0.5, 0.6) is 5.75 Å². The van der Waals surface area contributed by atoms with Crippen molar-refractivity contribution >= 4 is 5.96 Å². The standard InChI is InChI=1S/C21H33N5O/c1-17(2)20-18(16-26(5)24-20)15-25(4)21(22-3)23-13-9-10-14-27-19-11-7-6-8-12-19/h6-8,11-12,16-17H,9-10,13-15H2,1-5H3,(H,22,23). The van der Waals surface area contributed by atoms with Gasteiger partial charge < -0.3 is 15.0 Å². The van der Waals surface area contributed by atoms with Gasteiger partial charge in [-0.25, -0.2) is 0 Å². The lowest BCUT2D eigenvalue weighted by Gasteiger charge is -2.22. The Morgan fingerprint density at radius 1 is 1.26 bits per heavy atom. The van der Waals surface area contributed by atoms with Crippen molar-refractivity contribution in [3.05, 3.63) is 47.8 Å². The van der Waals surface area contributed by atoms with Gasteiger partial charge in [0.05, 0.1) is 12.3 Å². The van der Waals surface area contributed by atoms with Crippen molar-refractivity contribution < 1.29 is 4.74 Å². The third-order valence-electron chi connectivity index (χ3n) is 4.33. The fourth-order valence-corrected chi connectivity index (χ4v) is 3.01. The fraction of sp³-hybridized carbons (Fsp3) is 0.524. The number of hydrogen-bond donors (Lipinski definition) is 1. The Bertz CT molecular complexity index is 709. The number of nitrogens with zero attached hydrogens (tertiary/aromatic N) is 4. The van der Waals surface area contributed by atoms with Gasteiger partial charge in [0.25, 0.3) is 0 Å². The summed E-state index contributed by atoms with van der Waals surface area (Å²) in [6.07, 6.45) is 4.13. The number of benzene rings is 1. The summed E-state index contributed by atoms with van der Waals surface area (Å²) >= 11 is 0. The van der Waals surface area contributed by atoms with Crippen LogP contribution in [-0.2, 0) is 13.6 Å². The molecule has 1 N–H and O–H groups in total. The molecule has 0 atom stereocenters. The highest BCUT2D eigenvalue weighted by Crippen LogP contribution is 2.18. The van der Waals surface area contributed by atoms with Crippen LogP contribution in [0.3, 0.4) is 0 Å². The maximum atomic E-state index is 5.73. The summed E-state index contributed by atoms with van der Waals surface area (Å²) in [5, 5.41) is 8.02. The predicted molar refractivity (Wildman–Crippen MR) is 111 cm³/mol. The minimum Gasteiger partial charge on any atom is -0.494 e. The second kappa shape index (κ2) is 10.6. The minimum atomic E-state index is 0.411. The molecule has 0 aliphatic carbocycles. The van der Waals surface area contributed by atoms with Gasteiger partial charge in [0.1, 0.15) is 5.75 Å². The molecule has 0 spiro atoms. The Balaban J connectivity index is 1.73. The van der Waals surface area contributed by atoms with Crippen molar-refractivity contribution in [3.63, 3.8) is 0 Å². The first-order valence-corrected chi connectivity index (χ1v) is 9.63. The topological polar surface area (TPSA) is 54.7 Å². The van der Waals surface area contributed by atoms with Gasteiger partial charge in [0.15, 0.2) is 5.96 Å². The van der Waals surface area contributed by atoms with Crippen LogP contribution >= 0.6 is 0 Å². The van der Waals surface area contributed by atoms with E-state index in [4.69, 9.17) is 4.74 Å². The van der Waals surface area contributed by atoms with Crippen LogP contribution in [0, 0.1) is 0 Å². The van der Waals surface area contributed by atoms with E-state index in [1.807, 2.05) is 49.1 Å².